The van der Waals surface area contributed by atoms with Gasteiger partial charge in [0.15, 0.2) is 6.29 Å². The number of thiol groups is 1. The Morgan fingerprint density at radius 2 is 1.88 bits per heavy atom. The summed E-state index contributed by atoms with van der Waals surface area (Å²) in [4.78, 5) is 57.7. The molecule has 1 aromatic carbocycles. The molecular formula is C14H15N3O6S. The standard InChI is InChI=1S/C12H9N3O6S.C2H6/c16-5-6-3-1-2-4-7(6)10(18)15(22)8-9(17)13-12(20)14(21)11(8)19;1-2/h1-5,8,21-22H,(H,13,17,20);1-2H3. The van der Waals surface area contributed by atoms with E-state index in [0.29, 0.717) is 10.6 Å². The Hall–Kier alpha value is -2.72. The third-order valence-electron chi connectivity index (χ3n) is 2.88. The van der Waals surface area contributed by atoms with Crippen LogP contribution in [0.3, 0.4) is 0 Å². The Bertz CT molecular complexity index is 693. The second-order valence-electron chi connectivity index (χ2n) is 4.20. The van der Waals surface area contributed by atoms with Gasteiger partial charge in [0.05, 0.1) is 5.56 Å². The van der Waals surface area contributed by atoms with Crippen molar-refractivity contribution in [1.29, 1.82) is 0 Å². The van der Waals surface area contributed by atoms with Gasteiger partial charge in [0.25, 0.3) is 17.7 Å². The van der Waals surface area contributed by atoms with Crippen LogP contribution in [0.25, 0.3) is 0 Å². The summed E-state index contributed by atoms with van der Waals surface area (Å²) in [6, 6.07) is 2.50. The molecule has 0 aliphatic carbocycles. The molecule has 0 radical (unpaired) electrons. The summed E-state index contributed by atoms with van der Waals surface area (Å²) in [5.74, 6) is -3.37. The molecule has 1 fully saturated rings. The zero-order chi connectivity index (χ0) is 18.4. The molecule has 128 valence electrons. The van der Waals surface area contributed by atoms with Crippen LogP contribution in [0.1, 0.15) is 34.6 Å². The first kappa shape index (κ1) is 19.3. The molecule has 2 rings (SSSR count). The molecule has 24 heavy (non-hydrogen) atoms. The molecule has 9 nitrogen and oxygen atoms in total. The SMILES string of the molecule is CC.O=Cc1ccccc1C(=O)N(S)C1C(=O)NC(=O)N(O)C1=O. The first-order chi connectivity index (χ1) is 11.4. The second kappa shape index (κ2) is 8.22. The average molecular weight is 353 g/mol. The highest BCUT2D eigenvalue weighted by Gasteiger charge is 2.45. The summed E-state index contributed by atoms with van der Waals surface area (Å²) in [7, 11) is 0. The van der Waals surface area contributed by atoms with Gasteiger partial charge in [-0.15, -0.1) is 5.06 Å². The smallest absolute Gasteiger partial charge is 0.298 e. The van der Waals surface area contributed by atoms with Crippen LogP contribution in [0, 0.1) is 0 Å². The number of hydrogen-bond donors (Lipinski definition) is 3. The van der Waals surface area contributed by atoms with Gasteiger partial charge in [-0.3, -0.25) is 34.0 Å². The number of nitrogens with one attached hydrogen (secondary N) is 1. The lowest BCUT2D eigenvalue weighted by molar-refractivity contribution is -0.163. The summed E-state index contributed by atoms with van der Waals surface area (Å²) in [5, 5.41) is 10.6. The van der Waals surface area contributed by atoms with E-state index < -0.39 is 29.8 Å². The monoisotopic (exact) mass is 353 g/mol. The lowest BCUT2D eigenvalue weighted by Gasteiger charge is -2.30. The summed E-state index contributed by atoms with van der Waals surface area (Å²) >= 11 is 3.79. The van der Waals surface area contributed by atoms with Crippen LogP contribution in [0.5, 0.6) is 0 Å². The Morgan fingerprint density at radius 3 is 2.46 bits per heavy atom. The first-order valence-electron chi connectivity index (χ1n) is 6.82. The molecule has 0 spiro atoms. The van der Waals surface area contributed by atoms with Crippen LogP contribution in [-0.2, 0) is 9.59 Å². The van der Waals surface area contributed by atoms with Crippen molar-refractivity contribution in [2.24, 2.45) is 0 Å². The van der Waals surface area contributed by atoms with E-state index >= 15 is 0 Å². The molecular weight excluding hydrogens is 338 g/mol. The maximum atomic E-state index is 12.3. The van der Waals surface area contributed by atoms with Crippen molar-refractivity contribution < 1.29 is 29.2 Å². The summed E-state index contributed by atoms with van der Waals surface area (Å²) in [5.41, 5.74) is -0.0540. The van der Waals surface area contributed by atoms with Gasteiger partial charge in [0, 0.05) is 5.56 Å². The van der Waals surface area contributed by atoms with Gasteiger partial charge < -0.3 is 0 Å². The molecule has 1 unspecified atom stereocenters. The maximum absolute atomic E-state index is 12.3. The van der Waals surface area contributed by atoms with Crippen LogP contribution < -0.4 is 5.32 Å². The summed E-state index contributed by atoms with van der Waals surface area (Å²) < 4.78 is 0.440. The van der Waals surface area contributed by atoms with Gasteiger partial charge in [-0.25, -0.2) is 4.79 Å². The minimum absolute atomic E-state index is 0.0344. The van der Waals surface area contributed by atoms with Crippen molar-refractivity contribution in [2.45, 2.75) is 19.9 Å². The fraction of sp³-hybridized carbons (Fsp3) is 0.214. The average Bonchev–Trinajstić information content (AvgIpc) is 2.60. The van der Waals surface area contributed by atoms with Crippen molar-refractivity contribution in [3.63, 3.8) is 0 Å². The number of benzene rings is 1. The Labute approximate surface area is 142 Å². The number of hydrogen-bond acceptors (Lipinski definition) is 7. The van der Waals surface area contributed by atoms with Gasteiger partial charge in [0.1, 0.15) is 0 Å². The predicted molar refractivity (Wildman–Crippen MR) is 84.3 cm³/mol. The molecule has 2 N–H and O–H groups in total. The normalized spacial score (nSPS) is 16.8. The first-order valence-corrected chi connectivity index (χ1v) is 7.22. The number of aldehydes is 1. The van der Waals surface area contributed by atoms with E-state index in [1.807, 2.05) is 13.8 Å². The third-order valence-corrected chi connectivity index (χ3v) is 3.30. The molecule has 0 bridgehead atoms. The topological polar surface area (TPSA) is 124 Å². The molecule has 0 saturated carbocycles. The number of imide groups is 2. The molecule has 1 aromatic rings. The Morgan fingerprint density at radius 1 is 1.29 bits per heavy atom. The van der Waals surface area contributed by atoms with Crippen LogP contribution in [-0.4, -0.2) is 50.7 Å². The van der Waals surface area contributed by atoms with E-state index in [-0.39, 0.29) is 16.2 Å². The minimum Gasteiger partial charge on any atom is -0.298 e. The molecule has 1 aliphatic heterocycles. The highest BCUT2D eigenvalue weighted by molar-refractivity contribution is 7.78. The lowest BCUT2D eigenvalue weighted by atomic mass is 10.1. The Balaban J connectivity index is 0.00000139. The number of hydroxylamine groups is 2. The van der Waals surface area contributed by atoms with Crippen molar-refractivity contribution in [1.82, 2.24) is 14.7 Å². The van der Waals surface area contributed by atoms with E-state index in [9.17, 15) is 29.2 Å². The third kappa shape index (κ3) is 3.60. The predicted octanol–water partition coefficient (Wildman–Crippen LogP) is 0.648. The molecule has 10 heteroatoms. The van der Waals surface area contributed by atoms with Gasteiger partial charge in [-0.05, 0) is 6.07 Å². The van der Waals surface area contributed by atoms with E-state index in [4.69, 9.17) is 0 Å². The molecule has 1 saturated heterocycles. The molecule has 1 aliphatic rings. The van der Waals surface area contributed by atoms with Gasteiger partial charge in [0.2, 0.25) is 6.04 Å². The van der Waals surface area contributed by atoms with Crippen molar-refractivity contribution >= 4 is 42.9 Å². The number of carbonyl (C=O) groups is 5. The van der Waals surface area contributed by atoms with Gasteiger partial charge in [-0.2, -0.15) is 0 Å². The zero-order valence-electron chi connectivity index (χ0n) is 12.8. The van der Waals surface area contributed by atoms with Crippen LogP contribution in [0.4, 0.5) is 4.79 Å². The highest BCUT2D eigenvalue weighted by Crippen LogP contribution is 2.17. The number of carbonyl (C=O) groups excluding carboxylic acids is 5. The van der Waals surface area contributed by atoms with E-state index in [0.717, 1.165) is 0 Å². The lowest BCUT2D eigenvalue weighted by Crippen LogP contribution is -2.63. The molecule has 1 atom stereocenters. The fourth-order valence-electron chi connectivity index (χ4n) is 1.81. The Kier molecular flexibility index (Phi) is 6.62. The number of rotatable bonds is 3. The summed E-state index contributed by atoms with van der Waals surface area (Å²) in [6.45, 7) is 4.00. The molecule has 0 aromatic heterocycles. The fourth-order valence-corrected chi connectivity index (χ4v) is 2.12. The summed E-state index contributed by atoms with van der Waals surface area (Å²) in [6.07, 6.45) is 0.430. The van der Waals surface area contributed by atoms with Crippen molar-refractivity contribution in [2.75, 3.05) is 0 Å². The van der Waals surface area contributed by atoms with E-state index in [1.165, 1.54) is 24.3 Å². The van der Waals surface area contributed by atoms with E-state index in [2.05, 4.69) is 12.8 Å². The second-order valence-corrected chi connectivity index (χ2v) is 4.63. The van der Waals surface area contributed by atoms with Crippen LogP contribution >= 0.6 is 12.8 Å². The molecule has 5 amide bonds. The highest BCUT2D eigenvalue weighted by atomic mass is 32.1. The van der Waals surface area contributed by atoms with E-state index in [1.54, 1.807) is 5.32 Å². The number of amides is 5. The van der Waals surface area contributed by atoms with Crippen molar-refractivity contribution in [3.05, 3.63) is 35.4 Å². The zero-order valence-corrected chi connectivity index (χ0v) is 13.7. The number of barbiturate groups is 1. The minimum atomic E-state index is -1.85. The number of nitrogens with zero attached hydrogens (tertiary/aromatic N) is 2. The van der Waals surface area contributed by atoms with Crippen molar-refractivity contribution in [3.8, 4) is 0 Å². The van der Waals surface area contributed by atoms with Crippen LogP contribution in [0.2, 0.25) is 0 Å². The largest absolute Gasteiger partial charge is 0.355 e. The number of urea groups is 1. The quantitative estimate of drug-likeness (QED) is 0.317. The maximum Gasteiger partial charge on any atom is 0.355 e. The van der Waals surface area contributed by atoms with Crippen LogP contribution in [0.15, 0.2) is 24.3 Å². The molecule has 1 heterocycles. The van der Waals surface area contributed by atoms with Gasteiger partial charge >= 0.3 is 6.03 Å². The van der Waals surface area contributed by atoms with Gasteiger partial charge in [-0.1, -0.05) is 44.9 Å².